The van der Waals surface area contributed by atoms with Gasteiger partial charge in [0.15, 0.2) is 0 Å². The van der Waals surface area contributed by atoms with Crippen molar-refractivity contribution in [2.45, 2.75) is 6.42 Å². The Morgan fingerprint density at radius 3 is 2.62 bits per heavy atom. The van der Waals surface area contributed by atoms with Gasteiger partial charge in [0.25, 0.3) is 0 Å². The molecular formula is C13H11BrOSe. The van der Waals surface area contributed by atoms with Crippen LogP contribution in [0.1, 0.15) is 5.76 Å². The summed E-state index contributed by atoms with van der Waals surface area (Å²) in [6.07, 6.45) is 2.60. The van der Waals surface area contributed by atoms with Crippen LogP contribution in [0.3, 0.4) is 0 Å². The van der Waals surface area contributed by atoms with E-state index in [-0.39, 0.29) is 0 Å². The first kappa shape index (κ1) is 11.7. The van der Waals surface area contributed by atoms with Crippen molar-refractivity contribution in [3.05, 3.63) is 63.9 Å². The molecule has 0 aliphatic rings. The number of hydrogen-bond acceptors (Lipinski definition) is 1. The van der Waals surface area contributed by atoms with Gasteiger partial charge in [0, 0.05) is 0 Å². The summed E-state index contributed by atoms with van der Waals surface area (Å²) in [6, 6.07) is 14.5. The molecule has 0 spiro atoms. The van der Waals surface area contributed by atoms with E-state index in [0.717, 1.165) is 12.2 Å². The second kappa shape index (κ2) is 6.09. The summed E-state index contributed by atoms with van der Waals surface area (Å²) in [5.41, 5.74) is 0. The van der Waals surface area contributed by atoms with Crippen LogP contribution in [0.4, 0.5) is 0 Å². The minimum absolute atomic E-state index is 0.359. The number of rotatable bonds is 4. The molecule has 1 aromatic carbocycles. The molecule has 0 N–H and O–H groups in total. The molecule has 0 saturated carbocycles. The first-order valence-corrected chi connectivity index (χ1v) is 7.56. The maximum absolute atomic E-state index is 5.35. The van der Waals surface area contributed by atoms with E-state index < -0.39 is 0 Å². The molecule has 2 aromatic rings. The van der Waals surface area contributed by atoms with Crippen molar-refractivity contribution in [1.29, 1.82) is 0 Å². The molecule has 1 aromatic heterocycles. The SMILES string of the molecule is BrC=C(Cc1ccco1)[Se]c1ccccc1. The van der Waals surface area contributed by atoms with E-state index >= 15 is 0 Å². The number of halogens is 1. The molecule has 0 atom stereocenters. The molecule has 0 aliphatic heterocycles. The second-order valence-corrected chi connectivity index (χ2v) is 6.22. The van der Waals surface area contributed by atoms with Crippen LogP contribution in [0, 0.1) is 0 Å². The van der Waals surface area contributed by atoms with Gasteiger partial charge in [0.2, 0.25) is 0 Å². The Labute approximate surface area is 110 Å². The molecule has 0 amide bonds. The van der Waals surface area contributed by atoms with E-state index in [4.69, 9.17) is 4.42 Å². The minimum atomic E-state index is 0.359. The second-order valence-electron chi connectivity index (χ2n) is 3.25. The van der Waals surface area contributed by atoms with Gasteiger partial charge in [0.05, 0.1) is 0 Å². The standard InChI is InChI=1S/C13H11BrOSe/c14-10-13(9-11-5-4-8-15-11)16-12-6-2-1-3-7-12/h1-8,10H,9H2. The fraction of sp³-hybridized carbons (Fsp3) is 0.0769. The summed E-state index contributed by atoms with van der Waals surface area (Å²) >= 11 is 3.79. The van der Waals surface area contributed by atoms with Crippen LogP contribution in [0.25, 0.3) is 0 Å². The number of allylic oxidation sites excluding steroid dienone is 1. The van der Waals surface area contributed by atoms with E-state index in [9.17, 15) is 0 Å². The summed E-state index contributed by atoms with van der Waals surface area (Å²) in [5, 5.41) is 0. The predicted molar refractivity (Wildman–Crippen MR) is 71.3 cm³/mol. The van der Waals surface area contributed by atoms with E-state index in [1.807, 2.05) is 23.2 Å². The summed E-state index contributed by atoms with van der Waals surface area (Å²) in [4.78, 5) is 2.02. The Hall–Kier alpha value is -0.761. The van der Waals surface area contributed by atoms with Gasteiger partial charge in [-0.05, 0) is 0 Å². The summed E-state index contributed by atoms with van der Waals surface area (Å²) in [5.74, 6) is 1.02. The van der Waals surface area contributed by atoms with Crippen molar-refractivity contribution in [2.24, 2.45) is 0 Å². The van der Waals surface area contributed by atoms with Crippen molar-refractivity contribution >= 4 is 35.3 Å². The Balaban J connectivity index is 2.02. The zero-order valence-electron chi connectivity index (χ0n) is 8.60. The van der Waals surface area contributed by atoms with Gasteiger partial charge >= 0.3 is 110 Å². The quantitative estimate of drug-likeness (QED) is 0.779. The van der Waals surface area contributed by atoms with Gasteiger partial charge in [-0.15, -0.1) is 0 Å². The van der Waals surface area contributed by atoms with E-state index in [1.165, 1.54) is 8.93 Å². The van der Waals surface area contributed by atoms with Crippen LogP contribution < -0.4 is 4.46 Å². The third-order valence-electron chi connectivity index (χ3n) is 2.04. The van der Waals surface area contributed by atoms with Gasteiger partial charge < -0.3 is 0 Å². The molecule has 0 unspecified atom stereocenters. The zero-order valence-corrected chi connectivity index (χ0v) is 11.9. The average molecular weight is 342 g/mol. The molecule has 2 rings (SSSR count). The molecule has 1 heterocycles. The summed E-state index contributed by atoms with van der Waals surface area (Å²) in [7, 11) is 0. The van der Waals surface area contributed by atoms with Crippen molar-refractivity contribution < 1.29 is 4.42 Å². The predicted octanol–water partition coefficient (Wildman–Crippen LogP) is 3.09. The van der Waals surface area contributed by atoms with Gasteiger partial charge in [-0.1, -0.05) is 0 Å². The van der Waals surface area contributed by atoms with Crippen LogP contribution in [-0.2, 0) is 6.42 Å². The monoisotopic (exact) mass is 342 g/mol. The summed E-state index contributed by atoms with van der Waals surface area (Å²) < 4.78 is 8.10. The van der Waals surface area contributed by atoms with E-state index in [1.54, 1.807) is 6.26 Å². The normalized spacial score (nSPS) is 11.7. The molecule has 3 heteroatoms. The van der Waals surface area contributed by atoms with Gasteiger partial charge in [-0.25, -0.2) is 0 Å². The number of furan rings is 1. The van der Waals surface area contributed by atoms with Crippen molar-refractivity contribution in [3.8, 4) is 0 Å². The molecule has 0 fully saturated rings. The third kappa shape index (κ3) is 3.38. The van der Waals surface area contributed by atoms with Gasteiger partial charge in [-0.3, -0.25) is 0 Å². The van der Waals surface area contributed by atoms with Crippen molar-refractivity contribution in [1.82, 2.24) is 0 Å². The topological polar surface area (TPSA) is 13.1 Å². The van der Waals surface area contributed by atoms with Crippen molar-refractivity contribution in [2.75, 3.05) is 0 Å². The molecule has 82 valence electrons. The molecular weight excluding hydrogens is 331 g/mol. The molecule has 0 radical (unpaired) electrons. The van der Waals surface area contributed by atoms with E-state index in [2.05, 4.69) is 40.2 Å². The molecule has 0 saturated heterocycles. The van der Waals surface area contributed by atoms with Crippen LogP contribution in [0.5, 0.6) is 0 Å². The van der Waals surface area contributed by atoms with E-state index in [0.29, 0.717) is 15.0 Å². The van der Waals surface area contributed by atoms with Gasteiger partial charge in [0.1, 0.15) is 0 Å². The molecule has 0 aliphatic carbocycles. The third-order valence-corrected chi connectivity index (χ3v) is 5.44. The fourth-order valence-corrected chi connectivity index (χ4v) is 3.76. The maximum atomic E-state index is 5.35. The Morgan fingerprint density at radius 2 is 2.00 bits per heavy atom. The Kier molecular flexibility index (Phi) is 4.46. The average Bonchev–Trinajstić information content (AvgIpc) is 2.82. The Bertz CT molecular complexity index is 448. The zero-order chi connectivity index (χ0) is 11.2. The molecule has 16 heavy (non-hydrogen) atoms. The molecule has 0 bridgehead atoms. The number of benzene rings is 1. The van der Waals surface area contributed by atoms with Gasteiger partial charge in [-0.2, -0.15) is 0 Å². The first-order chi connectivity index (χ1) is 7.88. The number of hydrogen-bond donors (Lipinski definition) is 0. The van der Waals surface area contributed by atoms with Crippen LogP contribution >= 0.6 is 15.9 Å². The van der Waals surface area contributed by atoms with Crippen LogP contribution in [0.2, 0.25) is 0 Å². The van der Waals surface area contributed by atoms with Crippen molar-refractivity contribution in [3.63, 3.8) is 0 Å². The van der Waals surface area contributed by atoms with Crippen LogP contribution in [-0.4, -0.2) is 15.0 Å². The fourth-order valence-electron chi connectivity index (χ4n) is 1.32. The van der Waals surface area contributed by atoms with Crippen LogP contribution in [0.15, 0.2) is 62.6 Å². The Morgan fingerprint density at radius 1 is 1.19 bits per heavy atom. The molecule has 1 nitrogen and oxygen atoms in total. The summed E-state index contributed by atoms with van der Waals surface area (Å²) in [6.45, 7) is 0. The first-order valence-electron chi connectivity index (χ1n) is 4.93.